The second-order valence-corrected chi connectivity index (χ2v) is 11.1. The molecule has 7 nitrogen and oxygen atoms in total. The van der Waals surface area contributed by atoms with Gasteiger partial charge in [0.2, 0.25) is 0 Å². The Morgan fingerprint density at radius 3 is 2.50 bits per heavy atom. The fourth-order valence-electron chi connectivity index (χ4n) is 4.92. The molecule has 0 saturated carbocycles. The minimum atomic E-state index is -0.339. The predicted octanol–water partition coefficient (Wildman–Crippen LogP) is 4.68. The summed E-state index contributed by atoms with van der Waals surface area (Å²) in [5.41, 5.74) is 2.73. The van der Waals surface area contributed by atoms with E-state index in [4.69, 9.17) is 9.47 Å². The van der Waals surface area contributed by atoms with Gasteiger partial charge in [0.1, 0.15) is 5.75 Å². The molecular weight excluding hydrogens is 478 g/mol. The smallest absolute Gasteiger partial charge is 0.258 e. The zero-order chi connectivity index (χ0) is 27.7. The molecule has 0 aliphatic carbocycles. The zero-order valence-corrected chi connectivity index (χ0v) is 24.1. The molecule has 210 valence electrons. The first-order valence-corrected chi connectivity index (χ1v) is 13.9. The fourth-order valence-corrected chi connectivity index (χ4v) is 4.92. The molecule has 3 rings (SSSR count). The molecule has 0 radical (unpaired) electrons. The normalized spacial score (nSPS) is 22.4. The first-order valence-electron chi connectivity index (χ1n) is 13.9. The number of fused-ring (bicyclic) bond motifs is 1. The van der Waals surface area contributed by atoms with Crippen LogP contribution in [0.25, 0.3) is 0 Å². The van der Waals surface area contributed by atoms with Gasteiger partial charge in [0.15, 0.2) is 0 Å². The van der Waals surface area contributed by atoms with Gasteiger partial charge < -0.3 is 24.4 Å². The van der Waals surface area contributed by atoms with Crippen molar-refractivity contribution in [1.82, 2.24) is 9.80 Å². The molecule has 1 heterocycles. The number of likely N-dealkylation sites (N-methyl/N-ethyl adjacent to an activating group) is 1. The first kappa shape index (κ1) is 29.9. The van der Waals surface area contributed by atoms with Crippen molar-refractivity contribution in [1.29, 1.82) is 0 Å². The van der Waals surface area contributed by atoms with Crippen LogP contribution in [-0.4, -0.2) is 86.5 Å². The molecule has 1 amide bonds. The molecule has 7 heteroatoms. The number of ether oxygens (including phenoxy) is 2. The first-order chi connectivity index (χ1) is 18.2. The Kier molecular flexibility index (Phi) is 11.4. The van der Waals surface area contributed by atoms with Gasteiger partial charge in [-0.15, -0.1) is 0 Å². The number of amides is 1. The van der Waals surface area contributed by atoms with Crippen LogP contribution in [-0.2, 0) is 11.3 Å². The lowest BCUT2D eigenvalue weighted by Gasteiger charge is -2.36. The van der Waals surface area contributed by atoms with Crippen molar-refractivity contribution in [3.63, 3.8) is 0 Å². The predicted molar refractivity (Wildman–Crippen MR) is 154 cm³/mol. The zero-order valence-electron chi connectivity index (χ0n) is 24.1. The summed E-state index contributed by atoms with van der Waals surface area (Å²) >= 11 is 0. The van der Waals surface area contributed by atoms with Gasteiger partial charge in [-0.2, -0.15) is 0 Å². The molecule has 38 heavy (non-hydrogen) atoms. The van der Waals surface area contributed by atoms with E-state index in [1.807, 2.05) is 50.2 Å². The number of benzene rings is 2. The van der Waals surface area contributed by atoms with Crippen LogP contribution in [0.4, 0.5) is 5.69 Å². The van der Waals surface area contributed by atoms with Crippen molar-refractivity contribution >= 4 is 11.6 Å². The quantitative estimate of drug-likeness (QED) is 0.566. The van der Waals surface area contributed by atoms with Gasteiger partial charge in [-0.05, 0) is 63.9 Å². The van der Waals surface area contributed by atoms with Crippen molar-refractivity contribution in [3.8, 4) is 5.75 Å². The molecule has 2 aromatic carbocycles. The van der Waals surface area contributed by atoms with Crippen LogP contribution in [0.15, 0.2) is 48.5 Å². The van der Waals surface area contributed by atoms with E-state index in [1.165, 1.54) is 5.56 Å². The second-order valence-electron chi connectivity index (χ2n) is 11.1. The van der Waals surface area contributed by atoms with Gasteiger partial charge in [0, 0.05) is 51.9 Å². The molecule has 0 saturated heterocycles. The van der Waals surface area contributed by atoms with Gasteiger partial charge in [-0.3, -0.25) is 9.69 Å². The molecule has 2 aromatic rings. The van der Waals surface area contributed by atoms with Crippen LogP contribution in [0.3, 0.4) is 0 Å². The van der Waals surface area contributed by atoms with Crippen LogP contribution in [0.2, 0.25) is 0 Å². The number of rotatable bonds is 7. The van der Waals surface area contributed by atoms with E-state index in [0.29, 0.717) is 24.5 Å². The maximum absolute atomic E-state index is 14.1. The summed E-state index contributed by atoms with van der Waals surface area (Å²) in [6.07, 6.45) is 2.77. The fraction of sp³-hybridized carbons (Fsp3) is 0.581. The lowest BCUT2D eigenvalue weighted by atomic mass is 10.0. The van der Waals surface area contributed by atoms with E-state index < -0.39 is 0 Å². The third-order valence-electron chi connectivity index (χ3n) is 7.34. The van der Waals surface area contributed by atoms with E-state index in [9.17, 15) is 9.90 Å². The van der Waals surface area contributed by atoms with Crippen LogP contribution in [0, 0.1) is 5.92 Å². The maximum Gasteiger partial charge on any atom is 0.258 e. The van der Waals surface area contributed by atoms with Gasteiger partial charge in [0.05, 0.1) is 30.4 Å². The molecular formula is C31H47N3O4. The summed E-state index contributed by atoms with van der Waals surface area (Å²) in [5.74, 6) is 0.538. The number of carbonyl (C=O) groups excluding carboxylic acids is 1. The molecule has 1 aliphatic heterocycles. The highest BCUT2D eigenvalue weighted by molar-refractivity contribution is 5.98. The number of hydrogen-bond acceptors (Lipinski definition) is 6. The van der Waals surface area contributed by atoms with E-state index in [0.717, 1.165) is 38.0 Å². The summed E-state index contributed by atoms with van der Waals surface area (Å²) in [6, 6.07) is 15.9. The molecule has 0 bridgehead atoms. The van der Waals surface area contributed by atoms with Crippen LogP contribution in [0.1, 0.15) is 56.0 Å². The van der Waals surface area contributed by atoms with Crippen molar-refractivity contribution in [3.05, 3.63) is 59.7 Å². The number of carbonyl (C=O) groups is 1. The standard InChI is InChI=1S/C31H47N3O4/c1-23-19-34(24(2)22-35)31(36)28-18-27(32(4)5)15-16-29(28)38-25(3)12-10-11-17-37-30(23)21-33(6)20-26-13-8-7-9-14-26/h7-9,13-16,18,23-25,30,35H,10-12,17,19-22H2,1-6H3/t23-,24+,25-,30+/m0/s1. The van der Waals surface area contributed by atoms with E-state index in [-0.39, 0.29) is 36.7 Å². The number of nitrogens with zero attached hydrogens (tertiary/aromatic N) is 3. The van der Waals surface area contributed by atoms with E-state index >= 15 is 0 Å². The molecule has 0 fully saturated rings. The summed E-state index contributed by atoms with van der Waals surface area (Å²) in [4.78, 5) is 20.1. The summed E-state index contributed by atoms with van der Waals surface area (Å²) in [6.45, 7) is 8.72. The molecule has 0 aromatic heterocycles. The molecule has 0 spiro atoms. The molecule has 1 N–H and O–H groups in total. The maximum atomic E-state index is 14.1. The summed E-state index contributed by atoms with van der Waals surface area (Å²) in [5, 5.41) is 10.1. The largest absolute Gasteiger partial charge is 0.490 e. The Hall–Kier alpha value is -2.61. The highest BCUT2D eigenvalue weighted by Crippen LogP contribution is 2.29. The summed E-state index contributed by atoms with van der Waals surface area (Å²) in [7, 11) is 6.04. The highest BCUT2D eigenvalue weighted by Gasteiger charge is 2.30. The van der Waals surface area contributed by atoms with Gasteiger partial charge in [-0.25, -0.2) is 0 Å². The van der Waals surface area contributed by atoms with Gasteiger partial charge >= 0.3 is 0 Å². The second kappa shape index (κ2) is 14.5. The average Bonchev–Trinajstić information content (AvgIpc) is 2.90. The Balaban J connectivity index is 1.90. The number of aliphatic hydroxyl groups excluding tert-OH is 1. The Bertz CT molecular complexity index is 1000. The molecule has 1 aliphatic rings. The van der Waals surface area contributed by atoms with Crippen LogP contribution in [0.5, 0.6) is 5.75 Å². The van der Waals surface area contributed by atoms with Crippen LogP contribution >= 0.6 is 0 Å². The minimum Gasteiger partial charge on any atom is -0.490 e. The monoisotopic (exact) mass is 525 g/mol. The molecule has 0 unspecified atom stereocenters. The summed E-state index contributed by atoms with van der Waals surface area (Å²) < 4.78 is 12.8. The number of anilines is 1. The van der Waals surface area contributed by atoms with Crippen molar-refractivity contribution in [2.75, 3.05) is 52.3 Å². The van der Waals surface area contributed by atoms with Crippen molar-refractivity contribution in [2.24, 2.45) is 5.92 Å². The third-order valence-corrected chi connectivity index (χ3v) is 7.34. The van der Waals surface area contributed by atoms with E-state index in [1.54, 1.807) is 4.90 Å². The van der Waals surface area contributed by atoms with Crippen molar-refractivity contribution < 1.29 is 19.4 Å². The van der Waals surface area contributed by atoms with Crippen LogP contribution < -0.4 is 9.64 Å². The Labute approximate surface area is 229 Å². The van der Waals surface area contributed by atoms with Crippen molar-refractivity contribution in [2.45, 2.75) is 64.8 Å². The lowest BCUT2D eigenvalue weighted by molar-refractivity contribution is -0.0177. The highest BCUT2D eigenvalue weighted by atomic mass is 16.5. The number of hydrogen-bond donors (Lipinski definition) is 1. The minimum absolute atomic E-state index is 0.0230. The lowest BCUT2D eigenvalue weighted by Crippen LogP contribution is -2.47. The molecule has 4 atom stereocenters. The van der Waals surface area contributed by atoms with Gasteiger partial charge in [0.25, 0.3) is 5.91 Å². The Morgan fingerprint density at radius 1 is 1.08 bits per heavy atom. The average molecular weight is 526 g/mol. The van der Waals surface area contributed by atoms with E-state index in [2.05, 4.69) is 50.1 Å². The topological polar surface area (TPSA) is 65.5 Å². The third kappa shape index (κ3) is 8.45. The van der Waals surface area contributed by atoms with Gasteiger partial charge in [-0.1, -0.05) is 37.3 Å². The number of aliphatic hydroxyl groups is 1. The SMILES string of the molecule is C[C@H](CO)N1C[C@H](C)[C@@H](CN(C)Cc2ccccc2)OCCCC[C@H](C)Oc2ccc(N(C)C)cc2C1=O. The Morgan fingerprint density at radius 2 is 1.82 bits per heavy atom.